The van der Waals surface area contributed by atoms with Crippen molar-refractivity contribution in [2.24, 2.45) is 0 Å². The van der Waals surface area contributed by atoms with Crippen molar-refractivity contribution in [2.75, 3.05) is 13.2 Å². The lowest BCUT2D eigenvalue weighted by atomic mass is 10.5. The minimum absolute atomic E-state index is 0.937. The lowest BCUT2D eigenvalue weighted by Gasteiger charge is -2.26. The van der Waals surface area contributed by atoms with E-state index in [1.54, 1.807) is 0 Å². The standard InChI is InChI=1S/C13H32O2Si2/c1-7-10-14-16(3,4)12-9-13-17(5,6)15-11-8-2/h7-13H2,1-6H3. The average Bonchev–Trinajstić information content (AvgIpc) is 2.23. The number of hydrogen-bond acceptors (Lipinski definition) is 2. The van der Waals surface area contributed by atoms with Crippen LogP contribution in [0.2, 0.25) is 38.3 Å². The van der Waals surface area contributed by atoms with Crippen LogP contribution in [0.4, 0.5) is 0 Å². The molecule has 0 radical (unpaired) electrons. The highest BCUT2D eigenvalue weighted by molar-refractivity contribution is 6.72. The molecule has 0 rings (SSSR count). The van der Waals surface area contributed by atoms with Gasteiger partial charge in [-0.15, -0.1) is 0 Å². The molecule has 2 nitrogen and oxygen atoms in total. The van der Waals surface area contributed by atoms with Gasteiger partial charge in [-0.3, -0.25) is 0 Å². The van der Waals surface area contributed by atoms with Gasteiger partial charge < -0.3 is 8.85 Å². The summed E-state index contributed by atoms with van der Waals surface area (Å²) in [6, 6.07) is 2.55. The van der Waals surface area contributed by atoms with E-state index in [0.717, 1.165) is 26.1 Å². The zero-order chi connectivity index (χ0) is 13.4. The molecule has 0 saturated carbocycles. The minimum Gasteiger partial charge on any atom is -0.417 e. The quantitative estimate of drug-likeness (QED) is 0.541. The van der Waals surface area contributed by atoms with Gasteiger partial charge in [-0.2, -0.15) is 0 Å². The summed E-state index contributed by atoms with van der Waals surface area (Å²) in [5, 5.41) is 0. The molecule has 0 heterocycles. The minimum atomic E-state index is -1.39. The Kier molecular flexibility index (Phi) is 8.63. The summed E-state index contributed by atoms with van der Waals surface area (Å²) in [4.78, 5) is 0. The monoisotopic (exact) mass is 276 g/mol. The molecule has 4 heteroatoms. The van der Waals surface area contributed by atoms with Crippen LogP contribution in [0.1, 0.15) is 33.1 Å². The summed E-state index contributed by atoms with van der Waals surface area (Å²) in [5.41, 5.74) is 0. The van der Waals surface area contributed by atoms with E-state index < -0.39 is 16.6 Å². The largest absolute Gasteiger partial charge is 0.417 e. The molecule has 0 unspecified atom stereocenters. The molecule has 0 fully saturated rings. The predicted octanol–water partition coefficient (Wildman–Crippen LogP) is 4.64. The maximum Gasteiger partial charge on any atom is 0.186 e. The van der Waals surface area contributed by atoms with Gasteiger partial charge in [0, 0.05) is 13.2 Å². The van der Waals surface area contributed by atoms with Gasteiger partial charge in [-0.25, -0.2) is 0 Å². The first-order valence-corrected chi connectivity index (χ1v) is 13.3. The summed E-state index contributed by atoms with van der Waals surface area (Å²) in [5.74, 6) is 0. The van der Waals surface area contributed by atoms with Crippen LogP contribution in [0.5, 0.6) is 0 Å². The summed E-state index contributed by atoms with van der Waals surface area (Å²) in [6.07, 6.45) is 3.55. The van der Waals surface area contributed by atoms with Crippen molar-refractivity contribution < 1.29 is 8.85 Å². The van der Waals surface area contributed by atoms with Gasteiger partial charge >= 0.3 is 0 Å². The van der Waals surface area contributed by atoms with Crippen molar-refractivity contribution in [1.29, 1.82) is 0 Å². The fraction of sp³-hybridized carbons (Fsp3) is 1.00. The second-order valence-electron chi connectivity index (χ2n) is 6.07. The molecule has 0 aliphatic carbocycles. The van der Waals surface area contributed by atoms with Gasteiger partial charge in [0.1, 0.15) is 0 Å². The van der Waals surface area contributed by atoms with E-state index in [2.05, 4.69) is 40.0 Å². The summed E-state index contributed by atoms with van der Waals surface area (Å²) in [6.45, 7) is 15.6. The van der Waals surface area contributed by atoms with Crippen LogP contribution in [-0.4, -0.2) is 29.8 Å². The Morgan fingerprint density at radius 3 is 1.35 bits per heavy atom. The molecule has 0 aliphatic heterocycles. The van der Waals surface area contributed by atoms with Crippen molar-refractivity contribution in [3.05, 3.63) is 0 Å². The molecular weight excluding hydrogens is 244 g/mol. The highest BCUT2D eigenvalue weighted by Crippen LogP contribution is 2.21. The maximum atomic E-state index is 5.99. The third-order valence-corrected chi connectivity index (χ3v) is 8.04. The van der Waals surface area contributed by atoms with Gasteiger partial charge in [0.25, 0.3) is 0 Å². The first kappa shape index (κ1) is 17.4. The van der Waals surface area contributed by atoms with E-state index in [-0.39, 0.29) is 0 Å². The first-order valence-electron chi connectivity index (χ1n) is 7.11. The molecule has 0 aliphatic rings. The van der Waals surface area contributed by atoms with E-state index in [0.29, 0.717) is 0 Å². The lowest BCUT2D eigenvalue weighted by molar-refractivity contribution is 0.301. The van der Waals surface area contributed by atoms with E-state index in [1.807, 2.05) is 0 Å². The van der Waals surface area contributed by atoms with Crippen molar-refractivity contribution in [2.45, 2.75) is 71.4 Å². The summed E-state index contributed by atoms with van der Waals surface area (Å²) < 4.78 is 12.0. The molecule has 0 atom stereocenters. The van der Waals surface area contributed by atoms with Crippen LogP contribution >= 0.6 is 0 Å². The van der Waals surface area contributed by atoms with Gasteiger partial charge in [-0.1, -0.05) is 20.3 Å². The molecule has 0 saturated heterocycles. The van der Waals surface area contributed by atoms with Gasteiger partial charge in [0.05, 0.1) is 0 Å². The van der Waals surface area contributed by atoms with E-state index in [1.165, 1.54) is 18.5 Å². The van der Waals surface area contributed by atoms with Crippen LogP contribution in [0.15, 0.2) is 0 Å². The molecule has 104 valence electrons. The normalized spacial score (nSPS) is 13.1. The zero-order valence-corrected chi connectivity index (χ0v) is 14.8. The lowest BCUT2D eigenvalue weighted by Crippen LogP contribution is -2.34. The van der Waals surface area contributed by atoms with Crippen LogP contribution in [0, 0.1) is 0 Å². The Morgan fingerprint density at radius 2 is 1.06 bits per heavy atom. The van der Waals surface area contributed by atoms with Crippen molar-refractivity contribution in [3.8, 4) is 0 Å². The highest BCUT2D eigenvalue weighted by Gasteiger charge is 2.26. The Bertz CT molecular complexity index is 174. The predicted molar refractivity (Wildman–Crippen MR) is 81.7 cm³/mol. The Balaban J connectivity index is 3.80. The topological polar surface area (TPSA) is 18.5 Å². The molecule has 0 spiro atoms. The highest BCUT2D eigenvalue weighted by atomic mass is 28.4. The van der Waals surface area contributed by atoms with E-state index >= 15 is 0 Å². The van der Waals surface area contributed by atoms with Crippen molar-refractivity contribution in [1.82, 2.24) is 0 Å². The number of hydrogen-bond donors (Lipinski definition) is 0. The summed E-state index contributed by atoms with van der Waals surface area (Å²) >= 11 is 0. The molecule has 17 heavy (non-hydrogen) atoms. The first-order chi connectivity index (χ1) is 7.83. The van der Waals surface area contributed by atoms with Crippen LogP contribution in [0.3, 0.4) is 0 Å². The van der Waals surface area contributed by atoms with Gasteiger partial charge in [-0.05, 0) is 51.1 Å². The fourth-order valence-corrected chi connectivity index (χ4v) is 6.05. The fourth-order valence-electron chi connectivity index (χ4n) is 1.84. The molecule has 0 aromatic carbocycles. The van der Waals surface area contributed by atoms with Crippen molar-refractivity contribution in [3.63, 3.8) is 0 Å². The SMILES string of the molecule is CCCO[Si](C)(C)CCC[Si](C)(C)OCCC. The van der Waals surface area contributed by atoms with Crippen LogP contribution in [-0.2, 0) is 8.85 Å². The van der Waals surface area contributed by atoms with E-state index in [9.17, 15) is 0 Å². The Labute approximate surface area is 110 Å². The smallest absolute Gasteiger partial charge is 0.186 e. The van der Waals surface area contributed by atoms with Crippen LogP contribution in [0.25, 0.3) is 0 Å². The second-order valence-corrected chi connectivity index (χ2v) is 14.7. The third kappa shape index (κ3) is 10.0. The zero-order valence-electron chi connectivity index (χ0n) is 12.8. The average molecular weight is 277 g/mol. The molecule has 0 bridgehead atoms. The maximum absolute atomic E-state index is 5.99. The Hall–Kier alpha value is 0.354. The van der Waals surface area contributed by atoms with E-state index in [4.69, 9.17) is 8.85 Å². The Morgan fingerprint density at radius 1 is 0.706 bits per heavy atom. The van der Waals surface area contributed by atoms with Crippen molar-refractivity contribution >= 4 is 16.6 Å². The van der Waals surface area contributed by atoms with Gasteiger partial charge in [0.2, 0.25) is 0 Å². The molecule has 0 N–H and O–H groups in total. The molecule has 0 aromatic heterocycles. The van der Waals surface area contributed by atoms with Crippen LogP contribution < -0.4 is 0 Å². The second kappa shape index (κ2) is 8.45. The molecule has 0 aromatic rings. The summed E-state index contributed by atoms with van der Waals surface area (Å²) in [7, 11) is -2.78. The molecule has 0 amide bonds. The third-order valence-electron chi connectivity index (χ3n) is 2.95. The van der Waals surface area contributed by atoms with Gasteiger partial charge in [0.15, 0.2) is 16.6 Å². The molecular formula is C13H32O2Si2. The number of rotatable bonds is 10.